The molecule has 4 heteroatoms. The molecular formula is C15H20N2OS. The Morgan fingerprint density at radius 2 is 2.26 bits per heavy atom. The number of benzene rings is 1. The molecule has 2 rings (SSSR count). The summed E-state index contributed by atoms with van der Waals surface area (Å²) in [7, 11) is 0. The fourth-order valence-corrected chi connectivity index (χ4v) is 2.44. The van der Waals surface area contributed by atoms with E-state index >= 15 is 0 Å². The number of rotatable bonds is 6. The van der Waals surface area contributed by atoms with E-state index in [-0.39, 0.29) is 6.04 Å². The summed E-state index contributed by atoms with van der Waals surface area (Å²) in [4.78, 5) is 4.22. The minimum Gasteiger partial charge on any atom is -0.487 e. The number of nitrogens with two attached hydrogens (primary N) is 1. The van der Waals surface area contributed by atoms with Gasteiger partial charge in [-0.25, -0.2) is 4.98 Å². The molecule has 2 aromatic rings. The molecule has 0 fully saturated rings. The van der Waals surface area contributed by atoms with Crippen LogP contribution in [-0.4, -0.2) is 11.0 Å². The molecule has 1 aromatic carbocycles. The molecule has 0 aliphatic carbocycles. The Labute approximate surface area is 118 Å². The molecule has 0 radical (unpaired) electrons. The Bertz CT molecular complexity index is 511. The number of nitrogens with zero attached hydrogens (tertiary/aromatic N) is 1. The molecule has 19 heavy (non-hydrogen) atoms. The quantitative estimate of drug-likeness (QED) is 0.880. The SMILES string of the molecule is CCC(N)Cc1cc(C)ccc1OCc1cscn1. The lowest BCUT2D eigenvalue weighted by Gasteiger charge is -2.14. The van der Waals surface area contributed by atoms with Crippen LogP contribution in [0.5, 0.6) is 5.75 Å². The summed E-state index contributed by atoms with van der Waals surface area (Å²) in [5, 5.41) is 2.01. The maximum Gasteiger partial charge on any atom is 0.131 e. The first-order valence-corrected chi connectivity index (χ1v) is 7.48. The summed E-state index contributed by atoms with van der Waals surface area (Å²) < 4.78 is 5.87. The Morgan fingerprint density at radius 1 is 1.42 bits per heavy atom. The van der Waals surface area contributed by atoms with Gasteiger partial charge in [-0.15, -0.1) is 11.3 Å². The second-order valence-corrected chi connectivity index (χ2v) is 5.47. The first-order valence-electron chi connectivity index (χ1n) is 6.54. The number of thiazole rings is 1. The molecule has 1 aromatic heterocycles. The molecule has 0 bridgehead atoms. The van der Waals surface area contributed by atoms with Crippen LogP contribution in [0.2, 0.25) is 0 Å². The van der Waals surface area contributed by atoms with Crippen LogP contribution in [-0.2, 0) is 13.0 Å². The van der Waals surface area contributed by atoms with Crippen molar-refractivity contribution in [2.75, 3.05) is 0 Å². The maximum absolute atomic E-state index is 6.05. The van der Waals surface area contributed by atoms with E-state index in [4.69, 9.17) is 10.5 Å². The van der Waals surface area contributed by atoms with Crippen LogP contribution in [0.15, 0.2) is 29.1 Å². The van der Waals surface area contributed by atoms with E-state index < -0.39 is 0 Å². The van der Waals surface area contributed by atoms with Crippen LogP contribution in [0.3, 0.4) is 0 Å². The second-order valence-electron chi connectivity index (χ2n) is 4.75. The Balaban J connectivity index is 2.09. The van der Waals surface area contributed by atoms with E-state index in [1.165, 1.54) is 11.1 Å². The Kier molecular flexibility index (Phi) is 4.93. The van der Waals surface area contributed by atoms with Crippen LogP contribution in [0.4, 0.5) is 0 Å². The molecule has 102 valence electrons. The fraction of sp³-hybridized carbons (Fsp3) is 0.400. The highest BCUT2D eigenvalue weighted by Crippen LogP contribution is 2.23. The highest BCUT2D eigenvalue weighted by molar-refractivity contribution is 7.07. The molecule has 0 aliphatic rings. The van der Waals surface area contributed by atoms with Gasteiger partial charge in [0.25, 0.3) is 0 Å². The minimum atomic E-state index is 0.184. The lowest BCUT2D eigenvalue weighted by Crippen LogP contribution is -2.21. The summed E-state index contributed by atoms with van der Waals surface area (Å²) in [6, 6.07) is 6.44. The van der Waals surface area contributed by atoms with Gasteiger partial charge < -0.3 is 10.5 Å². The first-order chi connectivity index (χ1) is 9.19. The number of hydrogen-bond donors (Lipinski definition) is 1. The molecule has 2 N–H and O–H groups in total. The van der Waals surface area contributed by atoms with Crippen molar-refractivity contribution in [2.24, 2.45) is 5.73 Å². The average molecular weight is 276 g/mol. The van der Waals surface area contributed by atoms with E-state index in [0.717, 1.165) is 24.3 Å². The molecule has 3 nitrogen and oxygen atoms in total. The van der Waals surface area contributed by atoms with E-state index in [1.807, 2.05) is 17.0 Å². The van der Waals surface area contributed by atoms with Gasteiger partial charge in [0, 0.05) is 11.4 Å². The van der Waals surface area contributed by atoms with Crippen molar-refractivity contribution in [3.63, 3.8) is 0 Å². The molecular weight excluding hydrogens is 256 g/mol. The highest BCUT2D eigenvalue weighted by Gasteiger charge is 2.09. The van der Waals surface area contributed by atoms with Crippen molar-refractivity contribution in [1.82, 2.24) is 4.98 Å². The molecule has 0 saturated heterocycles. The first kappa shape index (κ1) is 14.0. The van der Waals surface area contributed by atoms with Gasteiger partial charge in [0.15, 0.2) is 0 Å². The monoisotopic (exact) mass is 276 g/mol. The van der Waals surface area contributed by atoms with Gasteiger partial charge in [0.2, 0.25) is 0 Å². The number of aryl methyl sites for hydroxylation is 1. The predicted molar refractivity (Wildman–Crippen MR) is 79.6 cm³/mol. The largest absolute Gasteiger partial charge is 0.487 e. The van der Waals surface area contributed by atoms with E-state index in [1.54, 1.807) is 11.3 Å². The smallest absolute Gasteiger partial charge is 0.131 e. The number of ether oxygens (including phenoxy) is 1. The standard InChI is InChI=1S/C15H20N2OS/c1-3-13(16)7-12-6-11(2)4-5-15(12)18-8-14-9-19-10-17-14/h4-6,9-10,13H,3,7-8,16H2,1-2H3. The van der Waals surface area contributed by atoms with Gasteiger partial charge in [-0.05, 0) is 31.4 Å². The van der Waals surface area contributed by atoms with Gasteiger partial charge in [0.1, 0.15) is 12.4 Å². The zero-order valence-electron chi connectivity index (χ0n) is 11.4. The average Bonchev–Trinajstić information content (AvgIpc) is 2.91. The van der Waals surface area contributed by atoms with Gasteiger partial charge in [-0.3, -0.25) is 0 Å². The van der Waals surface area contributed by atoms with Crippen molar-refractivity contribution in [2.45, 2.75) is 39.3 Å². The third-order valence-corrected chi connectivity index (χ3v) is 3.72. The fourth-order valence-electron chi connectivity index (χ4n) is 1.90. The zero-order valence-corrected chi connectivity index (χ0v) is 12.2. The van der Waals surface area contributed by atoms with Crippen molar-refractivity contribution in [3.8, 4) is 5.75 Å². The molecule has 0 spiro atoms. The molecule has 0 amide bonds. The third kappa shape index (κ3) is 4.04. The van der Waals surface area contributed by atoms with E-state index in [9.17, 15) is 0 Å². The van der Waals surface area contributed by atoms with Crippen LogP contribution in [0.25, 0.3) is 0 Å². The summed E-state index contributed by atoms with van der Waals surface area (Å²) in [5.41, 5.74) is 11.3. The normalized spacial score (nSPS) is 12.4. The molecule has 1 heterocycles. The lowest BCUT2D eigenvalue weighted by atomic mass is 10.0. The molecule has 1 atom stereocenters. The van der Waals surface area contributed by atoms with Crippen molar-refractivity contribution < 1.29 is 4.74 Å². The van der Waals surface area contributed by atoms with Gasteiger partial charge in [0.05, 0.1) is 11.2 Å². The van der Waals surface area contributed by atoms with Crippen molar-refractivity contribution >= 4 is 11.3 Å². The minimum absolute atomic E-state index is 0.184. The maximum atomic E-state index is 6.05. The van der Waals surface area contributed by atoms with Crippen LogP contribution >= 0.6 is 11.3 Å². The Morgan fingerprint density at radius 3 is 2.95 bits per heavy atom. The predicted octanol–water partition coefficient (Wildman–Crippen LogP) is 3.31. The molecule has 1 unspecified atom stereocenters. The third-order valence-electron chi connectivity index (χ3n) is 3.08. The van der Waals surface area contributed by atoms with E-state index in [2.05, 4.69) is 31.0 Å². The van der Waals surface area contributed by atoms with Crippen LogP contribution in [0.1, 0.15) is 30.2 Å². The highest BCUT2D eigenvalue weighted by atomic mass is 32.1. The van der Waals surface area contributed by atoms with E-state index in [0.29, 0.717) is 6.61 Å². The van der Waals surface area contributed by atoms with Gasteiger partial charge in [-0.1, -0.05) is 24.6 Å². The zero-order chi connectivity index (χ0) is 13.7. The number of aromatic nitrogens is 1. The summed E-state index contributed by atoms with van der Waals surface area (Å²) in [6.07, 6.45) is 1.82. The topological polar surface area (TPSA) is 48.1 Å². The van der Waals surface area contributed by atoms with Gasteiger partial charge in [-0.2, -0.15) is 0 Å². The summed E-state index contributed by atoms with van der Waals surface area (Å²) in [5.74, 6) is 0.919. The summed E-state index contributed by atoms with van der Waals surface area (Å²) >= 11 is 1.58. The molecule has 0 saturated carbocycles. The van der Waals surface area contributed by atoms with Crippen LogP contribution in [0, 0.1) is 6.92 Å². The Hall–Kier alpha value is -1.39. The van der Waals surface area contributed by atoms with Crippen LogP contribution < -0.4 is 10.5 Å². The summed E-state index contributed by atoms with van der Waals surface area (Å²) in [6.45, 7) is 4.71. The lowest BCUT2D eigenvalue weighted by molar-refractivity contribution is 0.298. The van der Waals surface area contributed by atoms with Gasteiger partial charge >= 0.3 is 0 Å². The van der Waals surface area contributed by atoms with Crippen molar-refractivity contribution in [3.05, 3.63) is 45.9 Å². The second kappa shape index (κ2) is 6.68. The van der Waals surface area contributed by atoms with Crippen molar-refractivity contribution in [1.29, 1.82) is 0 Å². The molecule has 0 aliphatic heterocycles. The number of hydrogen-bond acceptors (Lipinski definition) is 4.